The Kier molecular flexibility index (Phi) is 6.66. The van der Waals surface area contributed by atoms with Crippen molar-refractivity contribution in [2.45, 2.75) is 64.6 Å². The van der Waals surface area contributed by atoms with Gasteiger partial charge in [0.2, 0.25) is 5.92 Å². The summed E-state index contributed by atoms with van der Waals surface area (Å²) in [6.07, 6.45) is 3.50. The van der Waals surface area contributed by atoms with Gasteiger partial charge in [0.25, 0.3) is 5.56 Å². The van der Waals surface area contributed by atoms with Crippen LogP contribution in [0.2, 0.25) is 5.02 Å². The zero-order valence-corrected chi connectivity index (χ0v) is 20.1. The molecule has 182 valence electrons. The molecule has 10 heteroatoms. The Bertz CT molecular complexity index is 1360. The van der Waals surface area contributed by atoms with E-state index in [2.05, 4.69) is 4.98 Å². The molecule has 0 saturated heterocycles. The Morgan fingerprint density at radius 3 is 2.44 bits per heavy atom. The first kappa shape index (κ1) is 24.2. The third-order valence-corrected chi connectivity index (χ3v) is 6.54. The molecule has 0 unspecified atom stereocenters. The number of imidazole rings is 1. The highest BCUT2D eigenvalue weighted by Gasteiger charge is 2.35. The largest absolute Gasteiger partial charge is 0.489 e. The molecule has 3 aromatic rings. The minimum absolute atomic E-state index is 0.177. The molecule has 0 N–H and O–H groups in total. The summed E-state index contributed by atoms with van der Waals surface area (Å²) in [5, 5.41) is 0.384. The number of halogens is 3. The number of aromatic nitrogens is 4. The second-order valence-corrected chi connectivity index (χ2v) is 8.88. The highest BCUT2D eigenvalue weighted by Crippen LogP contribution is 2.36. The van der Waals surface area contributed by atoms with Crippen LogP contribution >= 0.6 is 11.6 Å². The molecule has 0 amide bonds. The standard InChI is InChI=1S/C24H27ClF2N4O3/c1-4-30-21-20(22(32)31(5-2)23(30)33)29(3)19(28-21)9-7-15-6-8-18(17(25)14-15)34-16-10-12-24(26,27)13-11-16/h6-9,14,16H,4-5,10-13H2,1-3H3. The smallest absolute Gasteiger partial charge is 0.332 e. The first-order valence-corrected chi connectivity index (χ1v) is 11.7. The van der Waals surface area contributed by atoms with Crippen LogP contribution < -0.4 is 16.0 Å². The number of alkyl halides is 2. The van der Waals surface area contributed by atoms with Crippen molar-refractivity contribution in [1.29, 1.82) is 0 Å². The maximum absolute atomic E-state index is 13.4. The van der Waals surface area contributed by atoms with Gasteiger partial charge in [0.05, 0.1) is 11.1 Å². The van der Waals surface area contributed by atoms with E-state index in [9.17, 15) is 18.4 Å². The Morgan fingerprint density at radius 2 is 1.82 bits per heavy atom. The van der Waals surface area contributed by atoms with Crippen molar-refractivity contribution in [3.05, 3.63) is 55.4 Å². The van der Waals surface area contributed by atoms with Crippen LogP contribution in [0.4, 0.5) is 8.78 Å². The quantitative estimate of drug-likeness (QED) is 0.499. The molecular weight excluding hydrogens is 466 g/mol. The van der Waals surface area contributed by atoms with Crippen molar-refractivity contribution in [1.82, 2.24) is 18.7 Å². The molecule has 4 rings (SSSR count). The minimum Gasteiger partial charge on any atom is -0.489 e. The van der Waals surface area contributed by atoms with Crippen LogP contribution in [-0.2, 0) is 20.1 Å². The summed E-state index contributed by atoms with van der Waals surface area (Å²) in [7, 11) is 1.73. The third-order valence-electron chi connectivity index (χ3n) is 6.25. The molecule has 1 aliphatic carbocycles. The number of hydrogen-bond acceptors (Lipinski definition) is 4. The molecule has 1 aromatic carbocycles. The molecule has 1 saturated carbocycles. The number of ether oxygens (including phenoxy) is 1. The van der Waals surface area contributed by atoms with Crippen LogP contribution in [0.1, 0.15) is 50.9 Å². The van der Waals surface area contributed by atoms with E-state index < -0.39 is 5.92 Å². The topological polar surface area (TPSA) is 71.1 Å². The minimum atomic E-state index is -2.61. The lowest BCUT2D eigenvalue weighted by Crippen LogP contribution is -2.39. The summed E-state index contributed by atoms with van der Waals surface area (Å²) in [6, 6.07) is 5.25. The highest BCUT2D eigenvalue weighted by atomic mass is 35.5. The molecule has 1 fully saturated rings. The van der Waals surface area contributed by atoms with Crippen molar-refractivity contribution in [3.8, 4) is 5.75 Å². The van der Waals surface area contributed by atoms with Crippen LogP contribution in [0, 0.1) is 0 Å². The maximum atomic E-state index is 13.4. The molecular formula is C24H27ClF2N4O3. The Labute approximate surface area is 200 Å². The number of rotatable bonds is 6. The SMILES string of the molecule is CCn1c(=O)c2c(nc(C=Cc3ccc(OC4CCC(F)(F)CC4)c(Cl)c3)n2C)n(CC)c1=O. The average Bonchev–Trinajstić information content (AvgIpc) is 3.12. The predicted octanol–water partition coefficient (Wildman–Crippen LogP) is 4.72. The molecule has 1 aliphatic rings. The average molecular weight is 493 g/mol. The van der Waals surface area contributed by atoms with Gasteiger partial charge in [0, 0.05) is 33.0 Å². The van der Waals surface area contributed by atoms with Crippen molar-refractivity contribution in [2.24, 2.45) is 7.05 Å². The number of benzene rings is 1. The van der Waals surface area contributed by atoms with Crippen LogP contribution in [0.25, 0.3) is 23.3 Å². The maximum Gasteiger partial charge on any atom is 0.332 e. The van der Waals surface area contributed by atoms with E-state index >= 15 is 0 Å². The number of nitrogens with zero attached hydrogens (tertiary/aromatic N) is 4. The van der Waals surface area contributed by atoms with Gasteiger partial charge >= 0.3 is 5.69 Å². The molecule has 34 heavy (non-hydrogen) atoms. The van der Waals surface area contributed by atoms with E-state index in [0.29, 0.717) is 47.1 Å². The first-order chi connectivity index (χ1) is 16.1. The van der Waals surface area contributed by atoms with Crippen LogP contribution in [0.15, 0.2) is 27.8 Å². The molecule has 0 radical (unpaired) electrons. The van der Waals surface area contributed by atoms with Crippen molar-refractivity contribution < 1.29 is 13.5 Å². The van der Waals surface area contributed by atoms with E-state index in [1.54, 1.807) is 42.8 Å². The monoisotopic (exact) mass is 492 g/mol. The van der Waals surface area contributed by atoms with Gasteiger partial charge in [-0.1, -0.05) is 23.7 Å². The predicted molar refractivity (Wildman–Crippen MR) is 129 cm³/mol. The number of fused-ring (bicyclic) bond motifs is 1. The highest BCUT2D eigenvalue weighted by molar-refractivity contribution is 6.32. The molecule has 0 bridgehead atoms. The molecule has 2 heterocycles. The van der Waals surface area contributed by atoms with E-state index in [-0.39, 0.29) is 36.7 Å². The summed E-state index contributed by atoms with van der Waals surface area (Å²) < 4.78 is 36.9. The third kappa shape index (κ3) is 4.53. The van der Waals surface area contributed by atoms with Crippen molar-refractivity contribution >= 4 is 34.9 Å². The van der Waals surface area contributed by atoms with Gasteiger partial charge in [-0.2, -0.15) is 0 Å². The van der Waals surface area contributed by atoms with E-state index in [1.165, 1.54) is 9.13 Å². The Balaban J connectivity index is 1.59. The molecule has 2 aromatic heterocycles. The van der Waals surface area contributed by atoms with E-state index in [1.807, 2.05) is 13.0 Å². The summed E-state index contributed by atoms with van der Waals surface area (Å²) in [5.74, 6) is -1.63. The van der Waals surface area contributed by atoms with Crippen LogP contribution in [0.5, 0.6) is 5.75 Å². The summed E-state index contributed by atoms with van der Waals surface area (Å²) in [6.45, 7) is 4.26. The fraction of sp³-hybridized carbons (Fsp3) is 0.458. The zero-order chi connectivity index (χ0) is 24.6. The molecule has 0 spiro atoms. The lowest BCUT2D eigenvalue weighted by molar-refractivity contribution is -0.0582. The van der Waals surface area contributed by atoms with Gasteiger partial charge in [0.1, 0.15) is 11.6 Å². The van der Waals surface area contributed by atoms with Crippen LogP contribution in [0.3, 0.4) is 0 Å². The Morgan fingerprint density at radius 1 is 1.15 bits per heavy atom. The lowest BCUT2D eigenvalue weighted by Gasteiger charge is -2.28. The second-order valence-electron chi connectivity index (χ2n) is 8.47. The molecule has 0 atom stereocenters. The van der Waals surface area contributed by atoms with Gasteiger partial charge in [-0.05, 0) is 50.5 Å². The fourth-order valence-corrected chi connectivity index (χ4v) is 4.52. The van der Waals surface area contributed by atoms with Gasteiger partial charge in [-0.3, -0.25) is 13.9 Å². The zero-order valence-electron chi connectivity index (χ0n) is 19.4. The summed E-state index contributed by atoms with van der Waals surface area (Å²) in [5.41, 5.74) is 0.748. The fourth-order valence-electron chi connectivity index (χ4n) is 4.29. The van der Waals surface area contributed by atoms with Gasteiger partial charge < -0.3 is 9.30 Å². The first-order valence-electron chi connectivity index (χ1n) is 11.4. The summed E-state index contributed by atoms with van der Waals surface area (Å²) in [4.78, 5) is 30.0. The summed E-state index contributed by atoms with van der Waals surface area (Å²) >= 11 is 6.38. The van der Waals surface area contributed by atoms with Gasteiger partial charge in [0.15, 0.2) is 11.2 Å². The van der Waals surface area contributed by atoms with Gasteiger partial charge in [-0.15, -0.1) is 0 Å². The molecule has 0 aliphatic heterocycles. The van der Waals surface area contributed by atoms with Crippen molar-refractivity contribution in [3.63, 3.8) is 0 Å². The van der Waals surface area contributed by atoms with Gasteiger partial charge in [-0.25, -0.2) is 18.6 Å². The van der Waals surface area contributed by atoms with Crippen molar-refractivity contribution in [2.75, 3.05) is 0 Å². The van der Waals surface area contributed by atoms with E-state index in [4.69, 9.17) is 16.3 Å². The lowest BCUT2D eigenvalue weighted by atomic mass is 9.94. The van der Waals surface area contributed by atoms with Crippen LogP contribution in [-0.4, -0.2) is 30.7 Å². The number of hydrogen-bond donors (Lipinski definition) is 0. The second kappa shape index (κ2) is 9.37. The van der Waals surface area contributed by atoms with E-state index in [0.717, 1.165) is 5.56 Å². The normalized spacial score (nSPS) is 16.5. The Hall–Kier alpha value is -2.94. The number of aryl methyl sites for hydroxylation is 2. The molecule has 7 nitrogen and oxygen atoms in total.